The van der Waals surface area contributed by atoms with Crippen LogP contribution in [0.25, 0.3) is 0 Å². The van der Waals surface area contributed by atoms with E-state index >= 15 is 0 Å². The van der Waals surface area contributed by atoms with E-state index in [1.165, 1.54) is 0 Å². The molecule has 0 aliphatic carbocycles. The Hall–Kier alpha value is -2.48. The first kappa shape index (κ1) is 12.6. The van der Waals surface area contributed by atoms with Gasteiger partial charge in [-0.25, -0.2) is 4.98 Å². The zero-order valence-electron chi connectivity index (χ0n) is 8.25. The highest BCUT2D eigenvalue weighted by molar-refractivity contribution is 5.58. The summed E-state index contributed by atoms with van der Waals surface area (Å²) < 4.78 is 39.8. The zero-order valence-corrected chi connectivity index (χ0v) is 8.25. The minimum atomic E-state index is -4.92. The number of nitriles is 2. The third-order valence-corrected chi connectivity index (χ3v) is 1.77. The van der Waals surface area contributed by atoms with Crippen molar-refractivity contribution in [3.63, 3.8) is 0 Å². The van der Waals surface area contributed by atoms with E-state index in [4.69, 9.17) is 16.3 Å². The number of halogens is 3. The van der Waals surface area contributed by atoms with E-state index in [0.717, 1.165) is 6.20 Å². The van der Waals surface area contributed by atoms with E-state index in [2.05, 4.69) is 9.72 Å². The van der Waals surface area contributed by atoms with Crippen molar-refractivity contribution in [2.45, 2.75) is 12.8 Å². The molecule has 1 rings (SSSR count). The molecule has 0 saturated heterocycles. The molecule has 88 valence electrons. The molecule has 17 heavy (non-hydrogen) atoms. The topological polar surface area (TPSA) is 95.7 Å². The molecule has 0 unspecified atom stereocenters. The number of hydrogen-bond donors (Lipinski definition) is 1. The lowest BCUT2D eigenvalue weighted by atomic mass is 10.1. The van der Waals surface area contributed by atoms with E-state index in [0.29, 0.717) is 0 Å². The van der Waals surface area contributed by atoms with Crippen LogP contribution in [-0.4, -0.2) is 11.3 Å². The first-order valence-corrected chi connectivity index (χ1v) is 4.19. The fourth-order valence-corrected chi connectivity index (χ4v) is 1.14. The van der Waals surface area contributed by atoms with E-state index in [1.54, 1.807) is 12.1 Å². The van der Waals surface area contributed by atoms with Crippen molar-refractivity contribution in [2.75, 3.05) is 5.73 Å². The molecule has 0 aliphatic rings. The van der Waals surface area contributed by atoms with Gasteiger partial charge in [0.05, 0.1) is 18.7 Å². The smallest absolute Gasteiger partial charge is 0.404 e. The molecule has 0 amide bonds. The predicted molar refractivity (Wildman–Crippen MR) is 49.4 cm³/mol. The number of nitrogens with two attached hydrogens (primary N) is 1. The van der Waals surface area contributed by atoms with Gasteiger partial charge >= 0.3 is 6.36 Å². The summed E-state index contributed by atoms with van der Waals surface area (Å²) >= 11 is 0. The molecule has 0 fully saturated rings. The molecular weight excluding hydrogens is 237 g/mol. The van der Waals surface area contributed by atoms with Gasteiger partial charge < -0.3 is 10.5 Å². The lowest BCUT2D eigenvalue weighted by Crippen LogP contribution is -2.19. The SMILES string of the molecule is N#CCc1c(OC(F)(F)F)cnc(N)c1C#N. The zero-order chi connectivity index (χ0) is 13.1. The standard InChI is InChI=1S/C9H5F3N4O/c10-9(11,12)17-7-4-16-8(15)6(3-14)5(7)1-2-13/h4H,1H2,(H2,15,16). The molecule has 5 nitrogen and oxygen atoms in total. The van der Waals surface area contributed by atoms with E-state index in [-0.39, 0.29) is 16.9 Å². The highest BCUT2D eigenvalue weighted by atomic mass is 19.4. The summed E-state index contributed by atoms with van der Waals surface area (Å²) in [5, 5.41) is 17.2. The van der Waals surface area contributed by atoms with Crippen molar-refractivity contribution in [1.29, 1.82) is 10.5 Å². The maximum Gasteiger partial charge on any atom is 0.573 e. The van der Waals surface area contributed by atoms with Gasteiger partial charge in [0.2, 0.25) is 0 Å². The average Bonchev–Trinajstić information content (AvgIpc) is 2.21. The fourth-order valence-electron chi connectivity index (χ4n) is 1.14. The Balaban J connectivity index is 3.32. The summed E-state index contributed by atoms with van der Waals surface area (Å²) in [4.78, 5) is 3.40. The van der Waals surface area contributed by atoms with E-state index in [1.807, 2.05) is 0 Å². The van der Waals surface area contributed by atoms with Crippen LogP contribution in [0.5, 0.6) is 5.75 Å². The van der Waals surface area contributed by atoms with Crippen LogP contribution in [0.2, 0.25) is 0 Å². The van der Waals surface area contributed by atoms with Crippen molar-refractivity contribution < 1.29 is 17.9 Å². The summed E-state index contributed by atoms with van der Waals surface area (Å²) in [7, 11) is 0. The maximum atomic E-state index is 12.1. The number of alkyl halides is 3. The lowest BCUT2D eigenvalue weighted by molar-refractivity contribution is -0.275. The first-order valence-electron chi connectivity index (χ1n) is 4.19. The molecule has 1 heterocycles. The van der Waals surface area contributed by atoms with Crippen LogP contribution in [0.1, 0.15) is 11.1 Å². The van der Waals surface area contributed by atoms with Crippen LogP contribution in [0.3, 0.4) is 0 Å². The summed E-state index contributed by atoms with van der Waals surface area (Å²) in [5.41, 5.74) is 4.81. The van der Waals surface area contributed by atoms with Gasteiger partial charge in [-0.3, -0.25) is 0 Å². The van der Waals surface area contributed by atoms with Gasteiger partial charge in [-0.05, 0) is 0 Å². The Labute approximate surface area is 93.8 Å². The Morgan fingerprint density at radius 2 is 2.06 bits per heavy atom. The van der Waals surface area contributed by atoms with Crippen molar-refractivity contribution >= 4 is 5.82 Å². The van der Waals surface area contributed by atoms with Crippen molar-refractivity contribution in [3.8, 4) is 17.9 Å². The molecule has 0 spiro atoms. The highest BCUT2D eigenvalue weighted by Gasteiger charge is 2.33. The molecule has 0 radical (unpaired) electrons. The Morgan fingerprint density at radius 1 is 1.41 bits per heavy atom. The summed E-state index contributed by atoms with van der Waals surface area (Å²) in [6.45, 7) is 0. The second-order valence-electron chi connectivity index (χ2n) is 2.86. The van der Waals surface area contributed by atoms with Gasteiger partial charge in [0.25, 0.3) is 0 Å². The number of pyridine rings is 1. The van der Waals surface area contributed by atoms with Crippen LogP contribution in [0, 0.1) is 22.7 Å². The molecule has 0 bridgehead atoms. The number of aromatic nitrogens is 1. The summed E-state index contributed by atoms with van der Waals surface area (Å²) in [5.74, 6) is -0.933. The fraction of sp³-hybridized carbons (Fsp3) is 0.222. The van der Waals surface area contributed by atoms with Gasteiger partial charge in [-0.15, -0.1) is 13.2 Å². The molecule has 0 aliphatic heterocycles. The number of nitrogen functional groups attached to an aromatic ring is 1. The molecule has 8 heteroatoms. The van der Waals surface area contributed by atoms with Crippen LogP contribution >= 0.6 is 0 Å². The summed E-state index contributed by atoms with van der Waals surface area (Å²) in [6.07, 6.45) is -4.62. The molecule has 0 saturated carbocycles. The van der Waals surface area contributed by atoms with Crippen LogP contribution in [0.15, 0.2) is 6.20 Å². The highest BCUT2D eigenvalue weighted by Crippen LogP contribution is 2.29. The first-order chi connectivity index (χ1) is 7.89. The Kier molecular flexibility index (Phi) is 3.39. The quantitative estimate of drug-likeness (QED) is 0.847. The van der Waals surface area contributed by atoms with Crippen molar-refractivity contribution in [2.24, 2.45) is 0 Å². The number of anilines is 1. The van der Waals surface area contributed by atoms with Gasteiger partial charge in [0.1, 0.15) is 17.5 Å². The molecule has 1 aromatic heterocycles. The maximum absolute atomic E-state index is 12.1. The van der Waals surface area contributed by atoms with Crippen LogP contribution in [-0.2, 0) is 6.42 Å². The molecule has 0 atom stereocenters. The molecule has 1 aromatic rings. The third-order valence-electron chi connectivity index (χ3n) is 1.77. The number of hydrogen-bond acceptors (Lipinski definition) is 5. The molecule has 2 N–H and O–H groups in total. The largest absolute Gasteiger partial charge is 0.573 e. The average molecular weight is 242 g/mol. The van der Waals surface area contributed by atoms with Gasteiger partial charge in [0, 0.05) is 5.56 Å². The Morgan fingerprint density at radius 3 is 2.53 bits per heavy atom. The summed E-state index contributed by atoms with van der Waals surface area (Å²) in [6, 6.07) is 3.22. The normalized spacial score (nSPS) is 10.4. The van der Waals surface area contributed by atoms with Crippen LogP contribution in [0.4, 0.5) is 19.0 Å². The van der Waals surface area contributed by atoms with Gasteiger partial charge in [-0.2, -0.15) is 10.5 Å². The van der Waals surface area contributed by atoms with Gasteiger partial charge in [-0.1, -0.05) is 0 Å². The van der Waals surface area contributed by atoms with Crippen molar-refractivity contribution in [1.82, 2.24) is 4.98 Å². The van der Waals surface area contributed by atoms with Crippen molar-refractivity contribution in [3.05, 3.63) is 17.3 Å². The molecular formula is C9H5F3N4O. The van der Waals surface area contributed by atoms with E-state index < -0.39 is 18.5 Å². The number of rotatable bonds is 2. The van der Waals surface area contributed by atoms with Gasteiger partial charge in [0.15, 0.2) is 5.75 Å². The third kappa shape index (κ3) is 2.98. The van der Waals surface area contributed by atoms with Crippen LogP contribution < -0.4 is 10.5 Å². The lowest BCUT2D eigenvalue weighted by Gasteiger charge is -2.13. The minimum Gasteiger partial charge on any atom is -0.404 e. The monoisotopic (exact) mass is 242 g/mol. The predicted octanol–water partition coefficient (Wildman–Crippen LogP) is 1.50. The number of nitrogens with zero attached hydrogens (tertiary/aromatic N) is 3. The molecule has 0 aromatic carbocycles. The number of ether oxygens (including phenoxy) is 1. The second-order valence-corrected chi connectivity index (χ2v) is 2.86. The van der Waals surface area contributed by atoms with E-state index in [9.17, 15) is 13.2 Å². The minimum absolute atomic E-state index is 0.222. The Bertz CT molecular complexity index is 513. The second kappa shape index (κ2) is 4.58.